The van der Waals surface area contributed by atoms with Gasteiger partial charge in [-0.25, -0.2) is 0 Å². The summed E-state index contributed by atoms with van der Waals surface area (Å²) in [5.41, 5.74) is 5.83. The summed E-state index contributed by atoms with van der Waals surface area (Å²) in [4.78, 5) is 12.3. The Labute approximate surface area is 148 Å². The van der Waals surface area contributed by atoms with E-state index in [0.29, 0.717) is 10.8 Å². The van der Waals surface area contributed by atoms with Gasteiger partial charge in [-0.1, -0.05) is 29.3 Å². The molecule has 0 saturated heterocycles. The molecule has 0 fully saturated rings. The summed E-state index contributed by atoms with van der Waals surface area (Å²) in [6.07, 6.45) is 0. The van der Waals surface area contributed by atoms with Crippen molar-refractivity contribution in [2.24, 2.45) is 0 Å². The second-order valence-corrected chi connectivity index (χ2v) is 6.38. The van der Waals surface area contributed by atoms with Crippen LogP contribution in [0.25, 0.3) is 0 Å². The summed E-state index contributed by atoms with van der Waals surface area (Å²) in [5.74, 6) is 0.501. The van der Waals surface area contributed by atoms with Gasteiger partial charge in [0.05, 0.1) is 19.3 Å². The maximum atomic E-state index is 12.3. The number of nitrogens with one attached hydrogen (secondary N) is 2. The third kappa shape index (κ3) is 4.20. The van der Waals surface area contributed by atoms with Crippen molar-refractivity contribution in [2.75, 3.05) is 24.3 Å². The van der Waals surface area contributed by atoms with E-state index in [9.17, 15) is 4.79 Å². The predicted octanol–water partition coefficient (Wildman–Crippen LogP) is 4.63. The number of anilines is 2. The third-order valence-electron chi connectivity index (χ3n) is 3.86. The molecule has 2 rings (SSSR count). The summed E-state index contributed by atoms with van der Waals surface area (Å²) in [5, 5.41) is 6.71. The van der Waals surface area contributed by atoms with Crippen LogP contribution in [0, 0.1) is 27.7 Å². The minimum absolute atomic E-state index is 0.111. The van der Waals surface area contributed by atoms with Crippen LogP contribution < -0.4 is 15.4 Å². The van der Waals surface area contributed by atoms with Crippen molar-refractivity contribution in [1.29, 1.82) is 0 Å². The molecule has 24 heavy (non-hydrogen) atoms. The molecule has 4 nitrogen and oxygen atoms in total. The van der Waals surface area contributed by atoms with Crippen LogP contribution in [0.4, 0.5) is 11.4 Å². The lowest BCUT2D eigenvalue weighted by Gasteiger charge is -2.15. The van der Waals surface area contributed by atoms with Crippen molar-refractivity contribution in [3.05, 3.63) is 51.5 Å². The van der Waals surface area contributed by atoms with Gasteiger partial charge in [-0.05, 0) is 50.5 Å². The second kappa shape index (κ2) is 7.58. The molecule has 0 radical (unpaired) electrons. The molecule has 0 aliphatic rings. The third-order valence-corrected chi connectivity index (χ3v) is 4.27. The lowest BCUT2D eigenvalue weighted by molar-refractivity contribution is -0.114. The van der Waals surface area contributed by atoms with Crippen LogP contribution in [-0.2, 0) is 4.79 Å². The minimum atomic E-state index is -0.111. The Balaban J connectivity index is 2.08. The highest BCUT2D eigenvalue weighted by Crippen LogP contribution is 2.30. The highest BCUT2D eigenvalue weighted by molar-refractivity contribution is 6.31. The van der Waals surface area contributed by atoms with Gasteiger partial charge in [0.1, 0.15) is 5.75 Å². The van der Waals surface area contributed by atoms with E-state index in [1.807, 2.05) is 33.8 Å². The van der Waals surface area contributed by atoms with Gasteiger partial charge in [-0.3, -0.25) is 4.79 Å². The standard InChI is InChI=1S/C19H23ClN2O2/c1-11-6-13(3)19(14(4)7-11)22-18(23)10-21-16-8-12(2)15(20)9-17(16)24-5/h6-9,21H,10H2,1-5H3,(H,22,23). The van der Waals surface area contributed by atoms with Crippen molar-refractivity contribution in [3.63, 3.8) is 0 Å². The van der Waals surface area contributed by atoms with Gasteiger partial charge in [-0.15, -0.1) is 0 Å². The number of hydrogen-bond donors (Lipinski definition) is 2. The van der Waals surface area contributed by atoms with Crippen LogP contribution in [0.3, 0.4) is 0 Å². The molecule has 5 heteroatoms. The Hall–Kier alpha value is -2.20. The number of aryl methyl sites for hydroxylation is 4. The fourth-order valence-electron chi connectivity index (χ4n) is 2.71. The Morgan fingerprint density at radius 3 is 2.25 bits per heavy atom. The molecule has 0 aliphatic heterocycles. The molecule has 0 saturated carbocycles. The first-order valence-corrected chi connectivity index (χ1v) is 8.15. The molecule has 0 aliphatic carbocycles. The number of hydrogen-bond acceptors (Lipinski definition) is 3. The number of methoxy groups -OCH3 is 1. The molecule has 0 unspecified atom stereocenters. The molecule has 2 aromatic rings. The number of carbonyl (C=O) groups excluding carboxylic acids is 1. The fourth-order valence-corrected chi connectivity index (χ4v) is 2.86. The van der Waals surface area contributed by atoms with Crippen LogP contribution in [0.2, 0.25) is 5.02 Å². The van der Waals surface area contributed by atoms with Gasteiger partial charge < -0.3 is 15.4 Å². The van der Waals surface area contributed by atoms with Gasteiger partial charge >= 0.3 is 0 Å². The number of ether oxygens (including phenoxy) is 1. The van der Waals surface area contributed by atoms with Crippen molar-refractivity contribution >= 4 is 28.9 Å². The molecular weight excluding hydrogens is 324 g/mol. The van der Waals surface area contributed by atoms with Gasteiger partial charge in [0, 0.05) is 16.8 Å². The quantitative estimate of drug-likeness (QED) is 0.829. The first-order valence-electron chi connectivity index (χ1n) is 7.77. The summed E-state index contributed by atoms with van der Waals surface area (Å²) in [7, 11) is 1.57. The molecular formula is C19H23ClN2O2. The second-order valence-electron chi connectivity index (χ2n) is 5.98. The molecule has 2 N–H and O–H groups in total. The van der Waals surface area contributed by atoms with Crippen molar-refractivity contribution in [2.45, 2.75) is 27.7 Å². The summed E-state index contributed by atoms with van der Waals surface area (Å²) >= 11 is 6.10. The van der Waals surface area contributed by atoms with E-state index in [0.717, 1.165) is 28.1 Å². The van der Waals surface area contributed by atoms with Gasteiger partial charge in [0.2, 0.25) is 5.91 Å². The van der Waals surface area contributed by atoms with Crippen molar-refractivity contribution < 1.29 is 9.53 Å². The van der Waals surface area contributed by atoms with Crippen LogP contribution in [0.15, 0.2) is 24.3 Å². The van der Waals surface area contributed by atoms with E-state index in [1.54, 1.807) is 13.2 Å². The van der Waals surface area contributed by atoms with Gasteiger partial charge in [0.15, 0.2) is 0 Å². The molecule has 0 atom stereocenters. The van der Waals surface area contributed by atoms with Crippen molar-refractivity contribution in [3.8, 4) is 5.75 Å². The Morgan fingerprint density at radius 2 is 1.67 bits per heavy atom. The maximum absolute atomic E-state index is 12.3. The average molecular weight is 347 g/mol. The van der Waals surface area contributed by atoms with Gasteiger partial charge in [0.25, 0.3) is 0 Å². The minimum Gasteiger partial charge on any atom is -0.495 e. The Kier molecular flexibility index (Phi) is 5.73. The normalized spacial score (nSPS) is 10.4. The van der Waals surface area contributed by atoms with Crippen LogP contribution in [0.1, 0.15) is 22.3 Å². The number of benzene rings is 2. The summed E-state index contributed by atoms with van der Waals surface area (Å²) in [6.45, 7) is 8.09. The Bertz CT molecular complexity index is 749. The molecule has 128 valence electrons. The lowest BCUT2D eigenvalue weighted by atomic mass is 10.1. The molecule has 2 aromatic carbocycles. The monoisotopic (exact) mass is 346 g/mol. The van der Waals surface area contributed by atoms with Crippen LogP contribution in [0.5, 0.6) is 5.75 Å². The van der Waals surface area contributed by atoms with E-state index in [2.05, 4.69) is 22.8 Å². The number of carbonyl (C=O) groups is 1. The van der Waals surface area contributed by atoms with E-state index >= 15 is 0 Å². The number of halogens is 1. The topological polar surface area (TPSA) is 50.4 Å². The lowest BCUT2D eigenvalue weighted by Crippen LogP contribution is -2.23. The molecule has 0 spiro atoms. The maximum Gasteiger partial charge on any atom is 0.243 e. The zero-order chi connectivity index (χ0) is 17.9. The smallest absolute Gasteiger partial charge is 0.243 e. The number of rotatable bonds is 5. The largest absolute Gasteiger partial charge is 0.495 e. The Morgan fingerprint density at radius 1 is 1.04 bits per heavy atom. The zero-order valence-electron chi connectivity index (χ0n) is 14.7. The van der Waals surface area contributed by atoms with E-state index in [-0.39, 0.29) is 12.5 Å². The van der Waals surface area contributed by atoms with Crippen LogP contribution in [-0.4, -0.2) is 19.6 Å². The summed E-state index contributed by atoms with van der Waals surface area (Å²) < 4.78 is 5.30. The van der Waals surface area contributed by atoms with Crippen LogP contribution >= 0.6 is 11.6 Å². The highest BCUT2D eigenvalue weighted by Gasteiger charge is 2.11. The van der Waals surface area contributed by atoms with Crippen molar-refractivity contribution in [1.82, 2.24) is 0 Å². The first kappa shape index (κ1) is 18.1. The SMILES string of the molecule is COc1cc(Cl)c(C)cc1NCC(=O)Nc1c(C)cc(C)cc1C. The molecule has 0 aromatic heterocycles. The highest BCUT2D eigenvalue weighted by atomic mass is 35.5. The van der Waals surface area contributed by atoms with E-state index in [1.165, 1.54) is 5.56 Å². The zero-order valence-corrected chi connectivity index (χ0v) is 15.5. The van der Waals surface area contributed by atoms with Gasteiger partial charge in [-0.2, -0.15) is 0 Å². The number of amides is 1. The molecule has 1 amide bonds. The molecule has 0 bridgehead atoms. The fraction of sp³-hybridized carbons (Fsp3) is 0.316. The van der Waals surface area contributed by atoms with E-state index < -0.39 is 0 Å². The summed E-state index contributed by atoms with van der Waals surface area (Å²) in [6, 6.07) is 7.73. The predicted molar refractivity (Wildman–Crippen MR) is 101 cm³/mol. The average Bonchev–Trinajstić information content (AvgIpc) is 2.51. The molecule has 0 heterocycles. The first-order chi connectivity index (χ1) is 11.3. The van der Waals surface area contributed by atoms with E-state index in [4.69, 9.17) is 16.3 Å².